The summed E-state index contributed by atoms with van der Waals surface area (Å²) in [5.41, 5.74) is 2.93. The Kier molecular flexibility index (Phi) is 5.38. The van der Waals surface area contributed by atoms with Crippen LogP contribution in [0.4, 0.5) is 4.39 Å². The Hall–Kier alpha value is -2.98. The Morgan fingerprint density at radius 2 is 1.93 bits per heavy atom. The van der Waals surface area contributed by atoms with Gasteiger partial charge in [-0.3, -0.25) is 4.79 Å². The van der Waals surface area contributed by atoms with Gasteiger partial charge in [0.1, 0.15) is 5.82 Å². The van der Waals surface area contributed by atoms with Crippen molar-refractivity contribution >= 4 is 22.1 Å². The van der Waals surface area contributed by atoms with Crippen LogP contribution in [0.1, 0.15) is 5.56 Å². The van der Waals surface area contributed by atoms with Crippen LogP contribution in [0.25, 0.3) is 0 Å². The number of rotatable bonds is 6. The number of fused-ring (bicyclic) bond motifs is 1. The molecule has 0 atom stereocenters. The van der Waals surface area contributed by atoms with Crippen molar-refractivity contribution in [3.63, 3.8) is 0 Å². The van der Waals surface area contributed by atoms with Crippen LogP contribution in [0.2, 0.25) is 0 Å². The first-order valence-electron chi connectivity index (χ1n) is 7.80. The monoisotopic (exact) mass is 393 g/mol. The van der Waals surface area contributed by atoms with Crippen LogP contribution in [0.5, 0.6) is 11.5 Å². The number of sulfonamides is 1. The molecule has 0 fully saturated rings. The second kappa shape index (κ2) is 7.72. The van der Waals surface area contributed by atoms with Gasteiger partial charge in [-0.15, -0.1) is 0 Å². The molecule has 27 heavy (non-hydrogen) atoms. The normalized spacial score (nSPS) is 13.3. The second-order valence-electron chi connectivity index (χ2n) is 5.62. The van der Waals surface area contributed by atoms with Crippen LogP contribution in [0, 0.1) is 5.82 Å². The maximum atomic E-state index is 12.9. The molecule has 1 N–H and O–H groups in total. The summed E-state index contributed by atoms with van der Waals surface area (Å²) in [6.07, 6.45) is 1.40. The SMILES string of the molecule is CN(CC(=O)N/N=C\c1ccc2c(c1)OCO2)S(=O)(=O)c1ccc(F)cc1. The van der Waals surface area contributed by atoms with Crippen LogP contribution in [-0.4, -0.2) is 45.2 Å². The number of halogens is 1. The molecule has 1 amide bonds. The predicted octanol–water partition coefficient (Wildman–Crippen LogP) is 1.33. The van der Waals surface area contributed by atoms with E-state index in [1.807, 2.05) is 0 Å². The lowest BCUT2D eigenvalue weighted by molar-refractivity contribution is -0.121. The number of nitrogens with zero attached hydrogens (tertiary/aromatic N) is 2. The molecule has 2 aromatic rings. The molecule has 1 aliphatic heterocycles. The van der Waals surface area contributed by atoms with E-state index >= 15 is 0 Å². The van der Waals surface area contributed by atoms with E-state index in [2.05, 4.69) is 10.5 Å². The molecule has 8 nitrogen and oxygen atoms in total. The van der Waals surface area contributed by atoms with Crippen LogP contribution >= 0.6 is 0 Å². The van der Waals surface area contributed by atoms with Gasteiger partial charge in [0.2, 0.25) is 16.8 Å². The smallest absolute Gasteiger partial charge is 0.255 e. The first-order valence-corrected chi connectivity index (χ1v) is 9.24. The third-order valence-corrected chi connectivity index (χ3v) is 5.51. The molecule has 3 rings (SSSR count). The number of hydrogen-bond donors (Lipinski definition) is 1. The van der Waals surface area contributed by atoms with Crippen LogP contribution in [0.15, 0.2) is 52.5 Å². The van der Waals surface area contributed by atoms with E-state index in [1.165, 1.54) is 13.3 Å². The first-order chi connectivity index (χ1) is 12.9. The second-order valence-corrected chi connectivity index (χ2v) is 7.67. The minimum Gasteiger partial charge on any atom is -0.454 e. The third-order valence-electron chi connectivity index (χ3n) is 3.69. The number of nitrogens with one attached hydrogen (secondary N) is 1. The molecule has 0 saturated heterocycles. The lowest BCUT2D eigenvalue weighted by Crippen LogP contribution is -2.36. The number of hydrazone groups is 1. The molecule has 0 aromatic heterocycles. The van der Waals surface area contributed by atoms with Crippen molar-refractivity contribution < 1.29 is 27.1 Å². The Bertz CT molecular complexity index is 977. The summed E-state index contributed by atoms with van der Waals surface area (Å²) < 4.78 is 48.9. The zero-order valence-electron chi connectivity index (χ0n) is 14.3. The zero-order valence-corrected chi connectivity index (χ0v) is 15.1. The van der Waals surface area contributed by atoms with Gasteiger partial charge >= 0.3 is 0 Å². The van der Waals surface area contributed by atoms with Crippen molar-refractivity contribution in [2.75, 3.05) is 20.4 Å². The summed E-state index contributed by atoms with van der Waals surface area (Å²) in [6.45, 7) is -0.292. The van der Waals surface area contributed by atoms with E-state index in [0.717, 1.165) is 28.6 Å². The number of ether oxygens (including phenoxy) is 2. The fourth-order valence-corrected chi connectivity index (χ4v) is 3.41. The van der Waals surface area contributed by atoms with E-state index < -0.39 is 28.3 Å². The van der Waals surface area contributed by atoms with Crippen molar-refractivity contribution in [2.24, 2.45) is 5.10 Å². The molecule has 0 saturated carbocycles. The van der Waals surface area contributed by atoms with Crippen molar-refractivity contribution in [1.82, 2.24) is 9.73 Å². The topological polar surface area (TPSA) is 97.3 Å². The van der Waals surface area contributed by atoms with Gasteiger partial charge in [-0.1, -0.05) is 0 Å². The highest BCUT2D eigenvalue weighted by molar-refractivity contribution is 7.89. The van der Waals surface area contributed by atoms with Gasteiger partial charge in [-0.05, 0) is 48.0 Å². The van der Waals surface area contributed by atoms with Crippen LogP contribution in [-0.2, 0) is 14.8 Å². The molecule has 0 spiro atoms. The van der Waals surface area contributed by atoms with E-state index in [0.29, 0.717) is 17.1 Å². The van der Waals surface area contributed by atoms with Crippen molar-refractivity contribution in [1.29, 1.82) is 0 Å². The molecule has 0 bridgehead atoms. The summed E-state index contributed by atoms with van der Waals surface area (Å²) >= 11 is 0. The summed E-state index contributed by atoms with van der Waals surface area (Å²) in [7, 11) is -2.66. The fourth-order valence-electron chi connectivity index (χ4n) is 2.28. The molecule has 0 radical (unpaired) electrons. The number of carbonyl (C=O) groups is 1. The van der Waals surface area contributed by atoms with Gasteiger partial charge in [-0.2, -0.15) is 9.41 Å². The number of likely N-dealkylation sites (N-methyl/N-ethyl adjacent to an activating group) is 1. The molecule has 1 aliphatic rings. The molecular weight excluding hydrogens is 377 g/mol. The largest absolute Gasteiger partial charge is 0.454 e. The number of benzene rings is 2. The van der Waals surface area contributed by atoms with Crippen LogP contribution < -0.4 is 14.9 Å². The standard InChI is InChI=1S/C17H16FN3O5S/c1-21(27(23,24)14-5-3-13(18)4-6-14)10-17(22)20-19-9-12-2-7-15-16(8-12)26-11-25-15/h2-9H,10-11H2,1H3,(H,20,22)/b19-9-. The van der Waals surface area contributed by atoms with Gasteiger partial charge in [0.25, 0.3) is 5.91 Å². The molecule has 0 aliphatic carbocycles. The minimum atomic E-state index is -3.91. The molecule has 2 aromatic carbocycles. The highest BCUT2D eigenvalue weighted by Crippen LogP contribution is 2.31. The molecule has 142 valence electrons. The summed E-state index contributed by atoms with van der Waals surface area (Å²) in [5, 5.41) is 3.79. The van der Waals surface area contributed by atoms with E-state index in [4.69, 9.17) is 9.47 Å². The number of amides is 1. The van der Waals surface area contributed by atoms with Gasteiger partial charge < -0.3 is 9.47 Å². The van der Waals surface area contributed by atoms with Gasteiger partial charge in [0.05, 0.1) is 17.7 Å². The predicted molar refractivity (Wildman–Crippen MR) is 94.5 cm³/mol. The van der Waals surface area contributed by atoms with Gasteiger partial charge in [0, 0.05) is 7.05 Å². The Balaban J connectivity index is 1.57. The Morgan fingerprint density at radius 1 is 1.22 bits per heavy atom. The average molecular weight is 393 g/mol. The highest BCUT2D eigenvalue weighted by atomic mass is 32.2. The lowest BCUT2D eigenvalue weighted by atomic mass is 10.2. The quantitative estimate of drug-likeness (QED) is 0.590. The first kappa shape index (κ1) is 18.8. The average Bonchev–Trinajstić information content (AvgIpc) is 3.10. The van der Waals surface area contributed by atoms with Crippen LogP contribution in [0.3, 0.4) is 0 Å². The number of carbonyl (C=O) groups excluding carboxylic acids is 1. The summed E-state index contributed by atoms with van der Waals surface area (Å²) in [5.74, 6) is 0.0339. The highest BCUT2D eigenvalue weighted by Gasteiger charge is 2.22. The van der Waals surface area contributed by atoms with E-state index in [-0.39, 0.29) is 11.7 Å². The number of hydrogen-bond acceptors (Lipinski definition) is 6. The van der Waals surface area contributed by atoms with E-state index in [1.54, 1.807) is 18.2 Å². The molecule has 10 heteroatoms. The lowest BCUT2D eigenvalue weighted by Gasteiger charge is -2.16. The van der Waals surface area contributed by atoms with Crippen molar-refractivity contribution in [3.05, 3.63) is 53.8 Å². The third kappa shape index (κ3) is 4.41. The summed E-state index contributed by atoms with van der Waals surface area (Å²) in [6, 6.07) is 9.49. The van der Waals surface area contributed by atoms with Gasteiger partial charge in [0.15, 0.2) is 11.5 Å². The fraction of sp³-hybridized carbons (Fsp3) is 0.176. The maximum Gasteiger partial charge on any atom is 0.255 e. The Morgan fingerprint density at radius 3 is 2.67 bits per heavy atom. The van der Waals surface area contributed by atoms with Crippen molar-refractivity contribution in [2.45, 2.75) is 4.90 Å². The summed E-state index contributed by atoms with van der Waals surface area (Å²) in [4.78, 5) is 11.8. The van der Waals surface area contributed by atoms with Crippen molar-refractivity contribution in [3.8, 4) is 11.5 Å². The molecule has 0 unspecified atom stereocenters. The Labute approximate surface area is 155 Å². The zero-order chi connectivity index (χ0) is 19.4. The van der Waals surface area contributed by atoms with Gasteiger partial charge in [-0.25, -0.2) is 18.2 Å². The maximum absolute atomic E-state index is 12.9. The van der Waals surface area contributed by atoms with E-state index in [9.17, 15) is 17.6 Å². The molecule has 1 heterocycles. The minimum absolute atomic E-state index is 0.108. The molecular formula is C17H16FN3O5S.